The maximum Gasteiger partial charge on any atom is 0.251 e. The molecule has 1 N–H and O–H groups in total. The number of benzene rings is 1. The minimum Gasteiger partial charge on any atom is -0.307 e. The predicted molar refractivity (Wildman–Crippen MR) is 74.1 cm³/mol. The molecule has 0 radical (unpaired) electrons. The summed E-state index contributed by atoms with van der Waals surface area (Å²) in [6.45, 7) is 5.98. The Morgan fingerprint density at radius 1 is 1.28 bits per heavy atom. The Bertz CT molecular complexity index is 632. The van der Waals surface area contributed by atoms with Crippen LogP contribution in [0.1, 0.15) is 31.0 Å². The molecule has 0 fully saturated rings. The third-order valence-corrected chi connectivity index (χ3v) is 3.03. The van der Waals surface area contributed by atoms with Gasteiger partial charge in [-0.15, -0.1) is 0 Å². The average molecular weight is 263 g/mol. The number of aryl methyl sites for hydroxylation is 1. The highest BCUT2D eigenvalue weighted by Gasteiger charge is 2.09. The van der Waals surface area contributed by atoms with Crippen LogP contribution in [0.25, 0.3) is 11.4 Å². The third kappa shape index (κ3) is 2.62. The van der Waals surface area contributed by atoms with Gasteiger partial charge >= 0.3 is 0 Å². The van der Waals surface area contributed by atoms with Crippen molar-refractivity contribution in [2.24, 2.45) is 0 Å². The highest BCUT2D eigenvalue weighted by atomic mass is 35.5. The molecule has 4 heteroatoms. The number of hydrogen-bond acceptors (Lipinski definition) is 2. The molecule has 0 saturated heterocycles. The summed E-state index contributed by atoms with van der Waals surface area (Å²) in [5.74, 6) is 0.819. The summed E-state index contributed by atoms with van der Waals surface area (Å²) in [5.41, 5.74) is 2.56. The minimum absolute atomic E-state index is 0.127. The van der Waals surface area contributed by atoms with E-state index in [1.165, 1.54) is 0 Å². The van der Waals surface area contributed by atoms with Crippen molar-refractivity contribution in [3.8, 4) is 11.4 Å². The van der Waals surface area contributed by atoms with E-state index in [2.05, 4.69) is 9.97 Å². The van der Waals surface area contributed by atoms with Crippen LogP contribution >= 0.6 is 11.6 Å². The smallest absolute Gasteiger partial charge is 0.251 e. The van der Waals surface area contributed by atoms with E-state index in [0.717, 1.165) is 16.8 Å². The van der Waals surface area contributed by atoms with Crippen LogP contribution < -0.4 is 5.56 Å². The first-order chi connectivity index (χ1) is 8.47. The van der Waals surface area contributed by atoms with Gasteiger partial charge in [0.15, 0.2) is 0 Å². The van der Waals surface area contributed by atoms with Crippen molar-refractivity contribution >= 4 is 11.6 Å². The minimum atomic E-state index is -0.127. The van der Waals surface area contributed by atoms with Gasteiger partial charge in [0.05, 0.1) is 5.69 Å². The second-order valence-electron chi connectivity index (χ2n) is 4.63. The fourth-order valence-electron chi connectivity index (χ4n) is 1.79. The van der Waals surface area contributed by atoms with E-state index < -0.39 is 0 Å². The van der Waals surface area contributed by atoms with Crippen LogP contribution in [0.5, 0.6) is 0 Å². The van der Waals surface area contributed by atoms with E-state index in [9.17, 15) is 4.79 Å². The molecule has 94 valence electrons. The Labute approximate surface area is 111 Å². The fourth-order valence-corrected chi connectivity index (χ4v) is 2.02. The number of rotatable bonds is 2. The normalized spacial score (nSPS) is 10.9. The first-order valence-electron chi connectivity index (χ1n) is 5.85. The second-order valence-corrected chi connectivity index (χ2v) is 5.07. The molecular formula is C14H15ClN2O. The van der Waals surface area contributed by atoms with Gasteiger partial charge in [0.25, 0.3) is 5.56 Å². The van der Waals surface area contributed by atoms with Crippen LogP contribution in [0.4, 0.5) is 0 Å². The maximum absolute atomic E-state index is 11.6. The standard InChI is InChI=1S/C14H15ClN2O/c1-8(2)12-7-13(18)17-14(16-12)11-5-4-10(15)6-9(11)3/h4-8H,1-3H3,(H,16,17,18). The van der Waals surface area contributed by atoms with Gasteiger partial charge in [0.1, 0.15) is 5.82 Å². The Hall–Kier alpha value is -1.61. The zero-order chi connectivity index (χ0) is 13.3. The number of aromatic amines is 1. The summed E-state index contributed by atoms with van der Waals surface area (Å²) in [6, 6.07) is 7.07. The van der Waals surface area contributed by atoms with E-state index in [1.54, 1.807) is 12.1 Å². The Morgan fingerprint density at radius 2 is 2.00 bits per heavy atom. The molecule has 1 aromatic carbocycles. The average Bonchev–Trinajstić information content (AvgIpc) is 2.27. The Kier molecular flexibility index (Phi) is 3.53. The Morgan fingerprint density at radius 3 is 2.61 bits per heavy atom. The summed E-state index contributed by atoms with van der Waals surface area (Å²) in [5, 5.41) is 0.679. The summed E-state index contributed by atoms with van der Waals surface area (Å²) < 4.78 is 0. The second kappa shape index (κ2) is 4.94. The van der Waals surface area contributed by atoms with E-state index in [4.69, 9.17) is 11.6 Å². The van der Waals surface area contributed by atoms with Gasteiger partial charge in [0.2, 0.25) is 0 Å². The van der Waals surface area contributed by atoms with Crippen molar-refractivity contribution in [2.45, 2.75) is 26.7 Å². The van der Waals surface area contributed by atoms with Crippen molar-refractivity contribution in [1.82, 2.24) is 9.97 Å². The van der Waals surface area contributed by atoms with E-state index >= 15 is 0 Å². The lowest BCUT2D eigenvalue weighted by molar-refractivity contribution is 0.812. The molecule has 0 saturated carbocycles. The monoisotopic (exact) mass is 262 g/mol. The van der Waals surface area contributed by atoms with E-state index in [-0.39, 0.29) is 11.5 Å². The molecule has 2 rings (SSSR count). The van der Waals surface area contributed by atoms with E-state index in [1.807, 2.05) is 32.9 Å². The highest BCUT2D eigenvalue weighted by molar-refractivity contribution is 6.30. The molecule has 0 spiro atoms. The van der Waals surface area contributed by atoms with Gasteiger partial charge in [-0.25, -0.2) is 4.98 Å². The zero-order valence-electron chi connectivity index (χ0n) is 10.6. The zero-order valence-corrected chi connectivity index (χ0v) is 11.4. The lowest BCUT2D eigenvalue weighted by Gasteiger charge is -2.09. The van der Waals surface area contributed by atoms with Crippen LogP contribution in [0.15, 0.2) is 29.1 Å². The fraction of sp³-hybridized carbons (Fsp3) is 0.286. The number of nitrogens with one attached hydrogen (secondary N) is 1. The largest absolute Gasteiger partial charge is 0.307 e. The molecule has 2 aromatic rings. The van der Waals surface area contributed by atoms with Crippen molar-refractivity contribution in [2.75, 3.05) is 0 Å². The number of H-pyrrole nitrogens is 1. The van der Waals surface area contributed by atoms with Crippen molar-refractivity contribution < 1.29 is 0 Å². The van der Waals surface area contributed by atoms with Crippen molar-refractivity contribution in [1.29, 1.82) is 0 Å². The van der Waals surface area contributed by atoms with Gasteiger partial charge < -0.3 is 4.98 Å². The summed E-state index contributed by atoms with van der Waals surface area (Å²) >= 11 is 5.93. The van der Waals surface area contributed by atoms with E-state index in [0.29, 0.717) is 10.8 Å². The van der Waals surface area contributed by atoms with Gasteiger partial charge in [-0.05, 0) is 36.6 Å². The van der Waals surface area contributed by atoms with Crippen LogP contribution in [0, 0.1) is 6.92 Å². The SMILES string of the molecule is Cc1cc(Cl)ccc1-c1nc(C(C)C)cc(=O)[nH]1. The van der Waals surface area contributed by atoms with Gasteiger partial charge in [-0.2, -0.15) is 0 Å². The summed E-state index contributed by atoms with van der Waals surface area (Å²) in [7, 11) is 0. The predicted octanol–water partition coefficient (Wildman–Crippen LogP) is 3.52. The number of hydrogen-bond donors (Lipinski definition) is 1. The molecule has 1 heterocycles. The van der Waals surface area contributed by atoms with Gasteiger partial charge in [-0.3, -0.25) is 4.79 Å². The maximum atomic E-state index is 11.6. The molecule has 0 bridgehead atoms. The van der Waals surface area contributed by atoms with Gasteiger partial charge in [0, 0.05) is 16.7 Å². The number of nitrogens with zero attached hydrogens (tertiary/aromatic N) is 1. The summed E-state index contributed by atoms with van der Waals surface area (Å²) in [4.78, 5) is 18.9. The topological polar surface area (TPSA) is 45.8 Å². The molecule has 3 nitrogen and oxygen atoms in total. The summed E-state index contributed by atoms with van der Waals surface area (Å²) in [6.07, 6.45) is 0. The van der Waals surface area contributed by atoms with Crippen LogP contribution in [-0.4, -0.2) is 9.97 Å². The molecule has 18 heavy (non-hydrogen) atoms. The quantitative estimate of drug-likeness (QED) is 0.900. The highest BCUT2D eigenvalue weighted by Crippen LogP contribution is 2.23. The molecule has 0 aliphatic carbocycles. The lowest BCUT2D eigenvalue weighted by Crippen LogP contribution is -2.11. The van der Waals surface area contributed by atoms with Crippen LogP contribution in [-0.2, 0) is 0 Å². The van der Waals surface area contributed by atoms with Crippen molar-refractivity contribution in [3.63, 3.8) is 0 Å². The molecule has 0 aliphatic rings. The third-order valence-electron chi connectivity index (χ3n) is 2.80. The Balaban J connectivity index is 2.60. The molecular weight excluding hydrogens is 248 g/mol. The van der Waals surface area contributed by atoms with Gasteiger partial charge in [-0.1, -0.05) is 25.4 Å². The molecule has 0 amide bonds. The molecule has 0 unspecified atom stereocenters. The molecule has 0 atom stereocenters. The first-order valence-corrected chi connectivity index (χ1v) is 6.23. The van der Waals surface area contributed by atoms with Crippen LogP contribution in [0.3, 0.4) is 0 Å². The first kappa shape index (κ1) is 12.8. The lowest BCUT2D eigenvalue weighted by atomic mass is 10.1. The molecule has 0 aliphatic heterocycles. The molecule has 1 aromatic heterocycles. The number of halogens is 1. The van der Waals surface area contributed by atoms with Crippen molar-refractivity contribution in [3.05, 3.63) is 50.9 Å². The number of aromatic nitrogens is 2. The van der Waals surface area contributed by atoms with Crippen LogP contribution in [0.2, 0.25) is 5.02 Å².